The molecule has 2 aromatic rings. The average Bonchev–Trinajstić information content (AvgIpc) is 2.55. The SMILES string of the molecule is COC(=O)COc1cccc(NC(=O)Nc2ccc(F)cc2)c1. The number of anilines is 2. The molecule has 0 bridgehead atoms. The summed E-state index contributed by atoms with van der Waals surface area (Å²) in [7, 11) is 1.27. The van der Waals surface area contributed by atoms with Gasteiger partial charge in [0.1, 0.15) is 11.6 Å². The Labute approximate surface area is 132 Å². The number of ether oxygens (including phenoxy) is 2. The minimum Gasteiger partial charge on any atom is -0.482 e. The highest BCUT2D eigenvalue weighted by molar-refractivity contribution is 5.99. The average molecular weight is 318 g/mol. The van der Waals surface area contributed by atoms with Gasteiger partial charge in [0.25, 0.3) is 0 Å². The number of carbonyl (C=O) groups excluding carboxylic acids is 2. The van der Waals surface area contributed by atoms with Crippen LogP contribution in [0.3, 0.4) is 0 Å². The number of urea groups is 1. The Morgan fingerprint density at radius 3 is 2.43 bits per heavy atom. The van der Waals surface area contributed by atoms with Crippen LogP contribution in [0.1, 0.15) is 0 Å². The molecule has 0 aliphatic carbocycles. The molecule has 2 aromatic carbocycles. The van der Waals surface area contributed by atoms with Gasteiger partial charge in [0.05, 0.1) is 7.11 Å². The van der Waals surface area contributed by atoms with Crippen LogP contribution in [0.25, 0.3) is 0 Å². The number of methoxy groups -OCH3 is 1. The zero-order chi connectivity index (χ0) is 16.7. The first-order valence-corrected chi connectivity index (χ1v) is 6.70. The lowest BCUT2D eigenvalue weighted by atomic mass is 10.3. The van der Waals surface area contributed by atoms with Gasteiger partial charge >= 0.3 is 12.0 Å². The van der Waals surface area contributed by atoms with Gasteiger partial charge in [0.2, 0.25) is 0 Å². The summed E-state index contributed by atoms with van der Waals surface area (Å²) in [5, 5.41) is 5.17. The van der Waals surface area contributed by atoms with E-state index in [2.05, 4.69) is 15.4 Å². The normalized spacial score (nSPS) is 9.83. The molecule has 23 heavy (non-hydrogen) atoms. The van der Waals surface area contributed by atoms with Crippen LogP contribution in [-0.4, -0.2) is 25.7 Å². The topological polar surface area (TPSA) is 76.7 Å². The van der Waals surface area contributed by atoms with Crippen LogP contribution in [-0.2, 0) is 9.53 Å². The lowest BCUT2D eigenvalue weighted by Crippen LogP contribution is -2.19. The smallest absolute Gasteiger partial charge is 0.343 e. The number of esters is 1. The fourth-order valence-electron chi connectivity index (χ4n) is 1.69. The van der Waals surface area contributed by atoms with Crippen molar-refractivity contribution in [1.29, 1.82) is 0 Å². The van der Waals surface area contributed by atoms with Crippen LogP contribution in [0.4, 0.5) is 20.6 Å². The molecule has 6 nitrogen and oxygen atoms in total. The first kappa shape index (κ1) is 16.3. The standard InChI is InChI=1S/C16H15FN2O4/c1-22-15(20)10-23-14-4-2-3-13(9-14)19-16(21)18-12-7-5-11(17)6-8-12/h2-9H,10H2,1H3,(H2,18,19,21). The molecule has 0 spiro atoms. The molecule has 2 amide bonds. The Kier molecular flexibility index (Phi) is 5.51. The van der Waals surface area contributed by atoms with Gasteiger partial charge in [-0.1, -0.05) is 6.07 Å². The van der Waals surface area contributed by atoms with E-state index in [1.807, 2.05) is 0 Å². The highest BCUT2D eigenvalue weighted by Gasteiger charge is 2.05. The molecule has 0 unspecified atom stereocenters. The zero-order valence-electron chi connectivity index (χ0n) is 12.3. The number of carbonyl (C=O) groups is 2. The molecular formula is C16H15FN2O4. The van der Waals surface area contributed by atoms with Crippen molar-refractivity contribution in [2.24, 2.45) is 0 Å². The predicted molar refractivity (Wildman–Crippen MR) is 83.0 cm³/mol. The van der Waals surface area contributed by atoms with Crippen LogP contribution in [0.2, 0.25) is 0 Å². The number of rotatable bonds is 5. The third-order valence-electron chi connectivity index (χ3n) is 2.78. The Hall–Kier alpha value is -3.09. The van der Waals surface area contributed by atoms with Crippen LogP contribution < -0.4 is 15.4 Å². The number of benzene rings is 2. The van der Waals surface area contributed by atoms with E-state index in [9.17, 15) is 14.0 Å². The molecule has 2 rings (SSSR count). The molecule has 120 valence electrons. The molecule has 0 heterocycles. The molecule has 7 heteroatoms. The van der Waals surface area contributed by atoms with Gasteiger partial charge in [-0.25, -0.2) is 14.0 Å². The number of halogens is 1. The van der Waals surface area contributed by atoms with Gasteiger partial charge < -0.3 is 20.1 Å². The Morgan fingerprint density at radius 2 is 1.74 bits per heavy atom. The van der Waals surface area contributed by atoms with E-state index in [1.54, 1.807) is 24.3 Å². The maximum Gasteiger partial charge on any atom is 0.343 e. The number of amides is 2. The first-order chi connectivity index (χ1) is 11.1. The second kappa shape index (κ2) is 7.79. The molecule has 0 radical (unpaired) electrons. The van der Waals surface area contributed by atoms with Crippen LogP contribution in [0.5, 0.6) is 5.75 Å². The van der Waals surface area contributed by atoms with Crippen molar-refractivity contribution in [3.8, 4) is 5.75 Å². The van der Waals surface area contributed by atoms with Crippen molar-refractivity contribution in [3.63, 3.8) is 0 Å². The maximum atomic E-state index is 12.8. The summed E-state index contributed by atoms with van der Waals surface area (Å²) < 4.78 is 22.5. The van der Waals surface area contributed by atoms with Gasteiger partial charge in [0, 0.05) is 17.4 Å². The van der Waals surface area contributed by atoms with Gasteiger partial charge in [-0.3, -0.25) is 0 Å². The second-order valence-electron chi connectivity index (χ2n) is 4.48. The summed E-state index contributed by atoms with van der Waals surface area (Å²) in [5.41, 5.74) is 0.939. The summed E-state index contributed by atoms with van der Waals surface area (Å²) >= 11 is 0. The molecule has 0 saturated heterocycles. The third-order valence-corrected chi connectivity index (χ3v) is 2.78. The maximum absolute atomic E-state index is 12.8. The molecule has 0 atom stereocenters. The summed E-state index contributed by atoms with van der Waals surface area (Å²) in [6, 6.07) is 11.4. The number of nitrogens with one attached hydrogen (secondary N) is 2. The lowest BCUT2D eigenvalue weighted by Gasteiger charge is -2.09. The summed E-state index contributed by atoms with van der Waals surface area (Å²) in [4.78, 5) is 22.9. The molecule has 0 fully saturated rings. The lowest BCUT2D eigenvalue weighted by molar-refractivity contribution is -0.142. The summed E-state index contributed by atoms with van der Waals surface area (Å²) in [6.45, 7) is -0.221. The minimum atomic E-state index is -0.502. The quantitative estimate of drug-likeness (QED) is 0.831. The minimum absolute atomic E-state index is 0.221. The number of hydrogen-bond donors (Lipinski definition) is 2. The highest BCUT2D eigenvalue weighted by Crippen LogP contribution is 2.18. The van der Waals surface area contributed by atoms with Gasteiger partial charge in [-0.2, -0.15) is 0 Å². The Balaban J connectivity index is 1.92. The Morgan fingerprint density at radius 1 is 1.04 bits per heavy atom. The highest BCUT2D eigenvalue weighted by atomic mass is 19.1. The number of hydrogen-bond acceptors (Lipinski definition) is 4. The summed E-state index contributed by atoms with van der Waals surface area (Å²) in [6.07, 6.45) is 0. The van der Waals surface area contributed by atoms with Crippen molar-refractivity contribution >= 4 is 23.4 Å². The van der Waals surface area contributed by atoms with Crippen molar-refractivity contribution < 1.29 is 23.5 Å². The van der Waals surface area contributed by atoms with E-state index < -0.39 is 12.0 Å². The van der Waals surface area contributed by atoms with Gasteiger partial charge in [-0.05, 0) is 36.4 Å². The molecule has 0 aliphatic rings. The largest absolute Gasteiger partial charge is 0.482 e. The van der Waals surface area contributed by atoms with E-state index in [0.717, 1.165) is 0 Å². The first-order valence-electron chi connectivity index (χ1n) is 6.70. The van der Waals surface area contributed by atoms with Crippen LogP contribution >= 0.6 is 0 Å². The second-order valence-corrected chi connectivity index (χ2v) is 4.48. The van der Waals surface area contributed by atoms with Crippen LogP contribution in [0.15, 0.2) is 48.5 Å². The van der Waals surface area contributed by atoms with Crippen molar-refractivity contribution in [2.75, 3.05) is 24.4 Å². The fourth-order valence-corrected chi connectivity index (χ4v) is 1.69. The predicted octanol–water partition coefficient (Wildman–Crippen LogP) is 3.02. The van der Waals surface area contributed by atoms with E-state index in [4.69, 9.17) is 4.74 Å². The zero-order valence-corrected chi connectivity index (χ0v) is 12.3. The molecule has 2 N–H and O–H groups in total. The van der Waals surface area contributed by atoms with Crippen molar-refractivity contribution in [2.45, 2.75) is 0 Å². The molecule has 0 saturated carbocycles. The van der Waals surface area contributed by atoms with Crippen molar-refractivity contribution in [1.82, 2.24) is 0 Å². The molecular weight excluding hydrogens is 303 g/mol. The monoisotopic (exact) mass is 318 g/mol. The van der Waals surface area contributed by atoms with Crippen molar-refractivity contribution in [3.05, 3.63) is 54.3 Å². The van der Waals surface area contributed by atoms with E-state index >= 15 is 0 Å². The van der Waals surface area contributed by atoms with E-state index in [-0.39, 0.29) is 12.4 Å². The van der Waals surface area contributed by atoms with Gasteiger partial charge in [-0.15, -0.1) is 0 Å². The third kappa shape index (κ3) is 5.31. The fraction of sp³-hybridized carbons (Fsp3) is 0.125. The van der Waals surface area contributed by atoms with Crippen LogP contribution in [0, 0.1) is 5.82 Å². The molecule has 0 aliphatic heterocycles. The van der Waals surface area contributed by atoms with Gasteiger partial charge in [0.15, 0.2) is 6.61 Å². The molecule has 0 aromatic heterocycles. The Bertz CT molecular complexity index is 689. The van der Waals surface area contributed by atoms with E-state index in [1.165, 1.54) is 31.4 Å². The van der Waals surface area contributed by atoms with E-state index in [0.29, 0.717) is 17.1 Å². The summed E-state index contributed by atoms with van der Waals surface area (Å²) in [5.74, 6) is -0.473.